The van der Waals surface area contributed by atoms with Crippen molar-refractivity contribution in [2.24, 2.45) is 11.5 Å². The molecule has 3 aromatic rings. The van der Waals surface area contributed by atoms with Gasteiger partial charge < -0.3 is 47.6 Å². The molecule has 15 nitrogen and oxygen atoms in total. The first-order valence-corrected chi connectivity index (χ1v) is 13.4. The van der Waals surface area contributed by atoms with E-state index < -0.39 is 60.2 Å². The zero-order valence-electron chi connectivity index (χ0n) is 22.8. The Morgan fingerprint density at radius 2 is 1.57 bits per heavy atom. The molecule has 226 valence electrons. The number of nitrogens with zero attached hydrogens (tertiary/aromatic N) is 1. The standard InChI is InChI=1S/C27H36N8O7/c28-8-4-3-7-20(33-24(38)18(29)11-23(36)37)25(39)34-21(9-15-12-31-19-6-2-1-5-17(15)19)26(40)35-22(27(41)42)10-16-13-30-14-32-16/h1-2,5-6,12-14,18,20-22,31H,3-4,7-11,28-29H2,(H,30,32)(H,33,38)(H,34,39)(H,35,40)(H,36,37)(H,41,42). The third-order valence-corrected chi connectivity index (χ3v) is 6.64. The summed E-state index contributed by atoms with van der Waals surface area (Å²) in [6.07, 6.45) is 4.96. The Labute approximate surface area is 240 Å². The molecule has 0 bridgehead atoms. The minimum Gasteiger partial charge on any atom is -0.481 e. The number of rotatable bonds is 17. The largest absolute Gasteiger partial charge is 0.481 e. The number of aliphatic carboxylic acids is 2. The molecule has 0 aliphatic rings. The van der Waals surface area contributed by atoms with Crippen molar-refractivity contribution in [3.05, 3.63) is 54.2 Å². The second-order valence-electron chi connectivity index (χ2n) is 9.86. The summed E-state index contributed by atoms with van der Waals surface area (Å²) in [6, 6.07) is 2.25. The van der Waals surface area contributed by atoms with Crippen molar-refractivity contribution in [2.45, 2.75) is 62.7 Å². The van der Waals surface area contributed by atoms with Crippen molar-refractivity contribution in [3.8, 4) is 0 Å². The maximum Gasteiger partial charge on any atom is 0.326 e. The average molecular weight is 585 g/mol. The lowest BCUT2D eigenvalue weighted by molar-refractivity contribution is -0.142. The zero-order valence-corrected chi connectivity index (χ0v) is 22.8. The lowest BCUT2D eigenvalue weighted by Gasteiger charge is -2.25. The van der Waals surface area contributed by atoms with Gasteiger partial charge in [-0.3, -0.25) is 19.2 Å². The molecule has 0 radical (unpaired) electrons. The first-order chi connectivity index (χ1) is 20.1. The number of carboxylic acid groups (broad SMARTS) is 2. The van der Waals surface area contributed by atoms with Gasteiger partial charge in [0.25, 0.3) is 0 Å². The van der Waals surface area contributed by atoms with Gasteiger partial charge in [-0.15, -0.1) is 0 Å². The predicted molar refractivity (Wildman–Crippen MR) is 151 cm³/mol. The molecule has 3 rings (SSSR count). The normalized spacial score (nSPS) is 14.0. The second-order valence-corrected chi connectivity index (χ2v) is 9.86. The molecular weight excluding hydrogens is 548 g/mol. The van der Waals surface area contributed by atoms with Crippen molar-refractivity contribution in [2.75, 3.05) is 6.54 Å². The topological polar surface area (TPSA) is 258 Å². The second kappa shape index (κ2) is 15.3. The molecule has 0 saturated heterocycles. The van der Waals surface area contributed by atoms with Gasteiger partial charge in [-0.25, -0.2) is 9.78 Å². The summed E-state index contributed by atoms with van der Waals surface area (Å²) in [4.78, 5) is 72.3. The van der Waals surface area contributed by atoms with Crippen LogP contribution < -0.4 is 27.4 Å². The van der Waals surface area contributed by atoms with E-state index in [9.17, 15) is 29.1 Å². The van der Waals surface area contributed by atoms with Crippen LogP contribution in [0.1, 0.15) is 36.9 Å². The van der Waals surface area contributed by atoms with Gasteiger partial charge in [0.15, 0.2) is 0 Å². The third kappa shape index (κ3) is 9.14. The van der Waals surface area contributed by atoms with Gasteiger partial charge in [0.1, 0.15) is 18.1 Å². The molecule has 42 heavy (non-hydrogen) atoms. The van der Waals surface area contributed by atoms with Crippen molar-refractivity contribution in [1.82, 2.24) is 30.9 Å². The number of amides is 3. The van der Waals surface area contributed by atoms with E-state index in [0.29, 0.717) is 30.6 Å². The van der Waals surface area contributed by atoms with E-state index in [2.05, 4.69) is 30.9 Å². The van der Waals surface area contributed by atoms with E-state index in [1.165, 1.54) is 12.5 Å². The number of unbranched alkanes of at least 4 members (excludes halogenated alkanes) is 1. The Hall–Kier alpha value is -4.76. The number of aromatic nitrogens is 3. The number of carboxylic acids is 2. The van der Waals surface area contributed by atoms with Gasteiger partial charge in [0.05, 0.1) is 18.8 Å². The van der Waals surface area contributed by atoms with Crippen LogP contribution in [0.25, 0.3) is 10.9 Å². The first-order valence-electron chi connectivity index (χ1n) is 13.4. The fourth-order valence-electron chi connectivity index (χ4n) is 4.41. The highest BCUT2D eigenvalue weighted by molar-refractivity contribution is 5.95. The summed E-state index contributed by atoms with van der Waals surface area (Å²) in [5.74, 6) is -4.87. The number of carbonyl (C=O) groups excluding carboxylic acids is 3. The van der Waals surface area contributed by atoms with Crippen LogP contribution in [0.4, 0.5) is 0 Å². The molecule has 0 aliphatic heterocycles. The van der Waals surface area contributed by atoms with Crippen LogP contribution >= 0.6 is 0 Å². The van der Waals surface area contributed by atoms with Crippen molar-refractivity contribution < 1.29 is 34.2 Å². The summed E-state index contributed by atoms with van der Waals surface area (Å²) >= 11 is 0. The number of nitrogens with one attached hydrogen (secondary N) is 5. The number of aromatic amines is 2. The number of nitrogens with two attached hydrogens (primary N) is 2. The lowest BCUT2D eigenvalue weighted by atomic mass is 10.0. The van der Waals surface area contributed by atoms with Crippen molar-refractivity contribution in [1.29, 1.82) is 0 Å². The fraction of sp³-hybridized carbons (Fsp3) is 0.407. The summed E-state index contributed by atoms with van der Waals surface area (Å²) in [5.41, 5.74) is 13.2. The molecule has 0 spiro atoms. The molecule has 3 amide bonds. The smallest absolute Gasteiger partial charge is 0.326 e. The van der Waals surface area contributed by atoms with E-state index in [1.807, 2.05) is 24.3 Å². The van der Waals surface area contributed by atoms with Gasteiger partial charge in [-0.05, 0) is 37.4 Å². The van der Waals surface area contributed by atoms with Gasteiger partial charge in [0.2, 0.25) is 17.7 Å². The first kappa shape index (κ1) is 31.8. The SMILES string of the molecule is NCCCCC(NC(=O)C(N)CC(=O)O)C(=O)NC(Cc1c[nH]c2ccccc12)C(=O)NC(Cc1cnc[nH]1)C(=O)O. The van der Waals surface area contributed by atoms with E-state index in [4.69, 9.17) is 16.6 Å². The maximum atomic E-state index is 13.5. The number of hydrogen-bond donors (Lipinski definition) is 9. The number of benzene rings is 1. The number of fused-ring (bicyclic) bond motifs is 1. The summed E-state index contributed by atoms with van der Waals surface area (Å²) in [7, 11) is 0. The highest BCUT2D eigenvalue weighted by atomic mass is 16.4. The molecule has 0 saturated carbocycles. The average Bonchev–Trinajstić information content (AvgIpc) is 3.61. The molecule has 4 unspecified atom stereocenters. The predicted octanol–water partition coefficient (Wildman–Crippen LogP) is -0.854. The van der Waals surface area contributed by atoms with Crippen LogP contribution in [0.3, 0.4) is 0 Å². The Bertz CT molecular complexity index is 1370. The number of hydrogen-bond acceptors (Lipinski definition) is 8. The molecule has 2 heterocycles. The van der Waals surface area contributed by atoms with E-state index in [0.717, 1.165) is 10.9 Å². The van der Waals surface area contributed by atoms with Crippen LogP contribution in [0.15, 0.2) is 43.0 Å². The van der Waals surface area contributed by atoms with Gasteiger partial charge in [0, 0.05) is 41.8 Å². The van der Waals surface area contributed by atoms with E-state index in [-0.39, 0.29) is 19.3 Å². The van der Waals surface area contributed by atoms with Crippen molar-refractivity contribution >= 4 is 40.6 Å². The molecule has 0 aliphatic carbocycles. The van der Waals surface area contributed by atoms with Crippen molar-refractivity contribution in [3.63, 3.8) is 0 Å². The minimum absolute atomic E-state index is 0.0000220. The lowest BCUT2D eigenvalue weighted by Crippen LogP contribution is -2.58. The Morgan fingerprint density at radius 1 is 0.881 bits per heavy atom. The molecule has 4 atom stereocenters. The van der Waals surface area contributed by atoms with Crippen LogP contribution in [0.5, 0.6) is 0 Å². The van der Waals surface area contributed by atoms with Gasteiger partial charge >= 0.3 is 11.9 Å². The monoisotopic (exact) mass is 584 g/mol. The molecule has 2 aromatic heterocycles. The highest BCUT2D eigenvalue weighted by Gasteiger charge is 2.31. The summed E-state index contributed by atoms with van der Waals surface area (Å²) in [5, 5.41) is 27.2. The number of H-pyrrole nitrogens is 2. The molecule has 1 aromatic carbocycles. The Morgan fingerprint density at radius 3 is 2.24 bits per heavy atom. The van der Waals surface area contributed by atoms with Crippen LogP contribution in [0.2, 0.25) is 0 Å². The summed E-state index contributed by atoms with van der Waals surface area (Å²) in [6.45, 7) is 0.347. The Balaban J connectivity index is 1.84. The van der Waals surface area contributed by atoms with E-state index >= 15 is 0 Å². The molecule has 0 fully saturated rings. The number of para-hydroxylation sites is 1. The number of imidazole rings is 1. The number of carbonyl (C=O) groups is 5. The van der Waals surface area contributed by atoms with Crippen LogP contribution in [0, 0.1) is 0 Å². The highest BCUT2D eigenvalue weighted by Crippen LogP contribution is 2.19. The van der Waals surface area contributed by atoms with Gasteiger partial charge in [-0.2, -0.15) is 0 Å². The van der Waals surface area contributed by atoms with Crippen LogP contribution in [-0.4, -0.2) is 85.5 Å². The summed E-state index contributed by atoms with van der Waals surface area (Å²) < 4.78 is 0. The van der Waals surface area contributed by atoms with Crippen LogP contribution in [-0.2, 0) is 36.8 Å². The van der Waals surface area contributed by atoms with Gasteiger partial charge in [-0.1, -0.05) is 18.2 Å². The quantitative estimate of drug-likeness (QED) is 0.0887. The maximum absolute atomic E-state index is 13.5. The Kier molecular flexibility index (Phi) is 11.6. The molecular formula is C27H36N8O7. The minimum atomic E-state index is -1.39. The molecule has 11 N–H and O–H groups in total. The molecule has 15 heteroatoms. The zero-order chi connectivity index (χ0) is 30.6. The fourth-order valence-corrected chi connectivity index (χ4v) is 4.41. The van der Waals surface area contributed by atoms with E-state index in [1.54, 1.807) is 6.20 Å². The third-order valence-electron chi connectivity index (χ3n) is 6.64.